The molecule has 0 aromatic carbocycles. The molecule has 16 heavy (non-hydrogen) atoms. The number of carbonyl (C=O) groups is 1. The zero-order valence-electron chi connectivity index (χ0n) is 10.6. The molecule has 3 heteroatoms. The molecular weight excluding hydrogens is 200 g/mol. The van der Waals surface area contributed by atoms with Gasteiger partial charge in [0.2, 0.25) is 0 Å². The number of nitrogens with zero attached hydrogens (tertiary/aromatic N) is 2. The summed E-state index contributed by atoms with van der Waals surface area (Å²) in [7, 11) is 2.22. The molecule has 0 radical (unpaired) electrons. The molecule has 0 amide bonds. The maximum absolute atomic E-state index is 11.5. The summed E-state index contributed by atoms with van der Waals surface area (Å²) in [6.07, 6.45) is 5.17. The number of likely N-dealkylation sites (N-methyl/N-ethyl adjacent to an activating group) is 1. The molecule has 1 saturated heterocycles. The minimum Gasteiger partial charge on any atom is -0.301 e. The van der Waals surface area contributed by atoms with Crippen molar-refractivity contribution in [2.24, 2.45) is 0 Å². The molecule has 2 fully saturated rings. The predicted octanol–water partition coefficient (Wildman–Crippen LogP) is 1.52. The van der Waals surface area contributed by atoms with Gasteiger partial charge in [0.25, 0.3) is 0 Å². The monoisotopic (exact) mass is 224 g/mol. The molecule has 2 rings (SSSR count). The van der Waals surface area contributed by atoms with Gasteiger partial charge in [0, 0.05) is 44.6 Å². The summed E-state index contributed by atoms with van der Waals surface area (Å²) < 4.78 is 0. The third kappa shape index (κ3) is 2.64. The van der Waals surface area contributed by atoms with E-state index < -0.39 is 0 Å². The number of ketones is 1. The van der Waals surface area contributed by atoms with Crippen molar-refractivity contribution in [3.8, 4) is 0 Å². The summed E-state index contributed by atoms with van der Waals surface area (Å²) in [5, 5.41) is 0. The van der Waals surface area contributed by atoms with E-state index in [9.17, 15) is 4.79 Å². The number of hydrogen-bond acceptors (Lipinski definition) is 3. The summed E-state index contributed by atoms with van der Waals surface area (Å²) >= 11 is 0. The number of piperazine rings is 1. The summed E-state index contributed by atoms with van der Waals surface area (Å²) in [5.74, 6) is 0.475. The lowest BCUT2D eigenvalue weighted by molar-refractivity contribution is -0.122. The Labute approximate surface area is 98.8 Å². The Kier molecular flexibility index (Phi) is 3.98. The van der Waals surface area contributed by atoms with E-state index in [1.54, 1.807) is 0 Å². The molecule has 0 bridgehead atoms. The molecule has 2 aliphatic rings. The molecule has 0 aromatic heterocycles. The van der Waals surface area contributed by atoms with Gasteiger partial charge < -0.3 is 4.90 Å². The van der Waals surface area contributed by atoms with Crippen LogP contribution in [0.1, 0.15) is 39.0 Å². The van der Waals surface area contributed by atoms with E-state index in [1.165, 1.54) is 12.8 Å². The molecule has 0 aromatic rings. The molecule has 1 heterocycles. The Bertz CT molecular complexity index is 254. The highest BCUT2D eigenvalue weighted by atomic mass is 16.1. The fourth-order valence-corrected chi connectivity index (χ4v) is 3.06. The van der Waals surface area contributed by atoms with Crippen molar-refractivity contribution >= 4 is 5.78 Å². The van der Waals surface area contributed by atoms with E-state index in [2.05, 4.69) is 23.8 Å². The van der Waals surface area contributed by atoms with Gasteiger partial charge in [-0.05, 0) is 26.3 Å². The van der Waals surface area contributed by atoms with Gasteiger partial charge in [0.1, 0.15) is 5.78 Å². The maximum atomic E-state index is 11.5. The third-order valence-electron chi connectivity index (χ3n) is 4.25. The van der Waals surface area contributed by atoms with Gasteiger partial charge in [-0.3, -0.25) is 9.69 Å². The van der Waals surface area contributed by atoms with Crippen molar-refractivity contribution in [1.82, 2.24) is 9.80 Å². The van der Waals surface area contributed by atoms with Crippen LogP contribution in [-0.4, -0.2) is 54.3 Å². The highest BCUT2D eigenvalue weighted by Gasteiger charge is 2.30. The molecule has 0 N–H and O–H groups in total. The normalized spacial score (nSPS) is 34.2. The van der Waals surface area contributed by atoms with Gasteiger partial charge >= 0.3 is 0 Å². The highest BCUT2D eigenvalue weighted by Crippen LogP contribution is 2.23. The number of Topliss-reactive ketones (excluding diaryl/α,β-unsaturated/α-hetero) is 1. The van der Waals surface area contributed by atoms with E-state index in [-0.39, 0.29) is 0 Å². The quantitative estimate of drug-likeness (QED) is 0.710. The van der Waals surface area contributed by atoms with Crippen LogP contribution in [0.15, 0.2) is 0 Å². The Morgan fingerprint density at radius 1 is 1.38 bits per heavy atom. The van der Waals surface area contributed by atoms with Crippen molar-refractivity contribution in [1.29, 1.82) is 0 Å². The second-order valence-corrected chi connectivity index (χ2v) is 5.33. The second kappa shape index (κ2) is 5.28. The zero-order chi connectivity index (χ0) is 11.5. The maximum Gasteiger partial charge on any atom is 0.134 e. The summed E-state index contributed by atoms with van der Waals surface area (Å²) in [6, 6.07) is 1.23. The highest BCUT2D eigenvalue weighted by molar-refractivity contribution is 5.79. The number of carbonyl (C=O) groups excluding carboxylic acids is 1. The van der Waals surface area contributed by atoms with Gasteiger partial charge in [-0.1, -0.05) is 6.92 Å². The van der Waals surface area contributed by atoms with Crippen LogP contribution < -0.4 is 0 Å². The van der Waals surface area contributed by atoms with Crippen LogP contribution in [0.5, 0.6) is 0 Å². The number of rotatable bonds is 2. The average Bonchev–Trinajstić information content (AvgIpc) is 2.29. The second-order valence-electron chi connectivity index (χ2n) is 5.33. The molecule has 3 nitrogen and oxygen atoms in total. The Balaban J connectivity index is 1.91. The van der Waals surface area contributed by atoms with Gasteiger partial charge in [-0.15, -0.1) is 0 Å². The third-order valence-corrected chi connectivity index (χ3v) is 4.25. The minimum atomic E-state index is 0.475. The lowest BCUT2D eigenvalue weighted by Gasteiger charge is -2.43. The van der Waals surface area contributed by atoms with E-state index in [0.717, 1.165) is 38.9 Å². The van der Waals surface area contributed by atoms with Crippen LogP contribution in [0.4, 0.5) is 0 Å². The molecule has 1 aliphatic carbocycles. The van der Waals surface area contributed by atoms with E-state index in [0.29, 0.717) is 17.9 Å². The van der Waals surface area contributed by atoms with Crippen LogP contribution in [-0.2, 0) is 4.79 Å². The van der Waals surface area contributed by atoms with Crippen LogP contribution in [0.25, 0.3) is 0 Å². The molecule has 92 valence electrons. The van der Waals surface area contributed by atoms with Crippen molar-refractivity contribution in [3.05, 3.63) is 0 Å². The minimum absolute atomic E-state index is 0.475. The lowest BCUT2D eigenvalue weighted by atomic mass is 9.92. The molecular formula is C13H24N2O. The Morgan fingerprint density at radius 3 is 2.88 bits per heavy atom. The van der Waals surface area contributed by atoms with Crippen molar-refractivity contribution in [3.63, 3.8) is 0 Å². The van der Waals surface area contributed by atoms with Crippen molar-refractivity contribution in [2.45, 2.75) is 51.1 Å². The molecule has 0 spiro atoms. The molecule has 2 atom stereocenters. The largest absolute Gasteiger partial charge is 0.301 e. The Morgan fingerprint density at radius 2 is 2.19 bits per heavy atom. The van der Waals surface area contributed by atoms with Crippen molar-refractivity contribution in [2.75, 3.05) is 26.7 Å². The van der Waals surface area contributed by atoms with Crippen LogP contribution in [0.2, 0.25) is 0 Å². The first-order valence-electron chi connectivity index (χ1n) is 6.66. The summed E-state index contributed by atoms with van der Waals surface area (Å²) in [5.41, 5.74) is 0. The molecule has 1 saturated carbocycles. The van der Waals surface area contributed by atoms with Gasteiger partial charge in [0.05, 0.1) is 0 Å². The SMILES string of the molecule is CCC1CN(C2CCCC(=O)C2)CCN1C. The van der Waals surface area contributed by atoms with Crippen LogP contribution >= 0.6 is 0 Å². The van der Waals surface area contributed by atoms with Crippen LogP contribution in [0.3, 0.4) is 0 Å². The smallest absolute Gasteiger partial charge is 0.134 e. The fourth-order valence-electron chi connectivity index (χ4n) is 3.06. The first-order chi connectivity index (χ1) is 7.70. The lowest BCUT2D eigenvalue weighted by Crippen LogP contribution is -2.55. The molecule has 1 aliphatic heterocycles. The predicted molar refractivity (Wildman–Crippen MR) is 65.5 cm³/mol. The van der Waals surface area contributed by atoms with Crippen molar-refractivity contribution < 1.29 is 4.79 Å². The standard InChI is InChI=1S/C13H24N2O/c1-3-11-10-15(8-7-14(11)2)12-5-4-6-13(16)9-12/h11-12H,3-10H2,1-2H3. The number of hydrogen-bond donors (Lipinski definition) is 0. The van der Waals surface area contributed by atoms with E-state index in [1.807, 2.05) is 0 Å². The topological polar surface area (TPSA) is 23.6 Å². The summed E-state index contributed by atoms with van der Waals surface area (Å²) in [6.45, 7) is 5.72. The zero-order valence-corrected chi connectivity index (χ0v) is 10.6. The van der Waals surface area contributed by atoms with Gasteiger partial charge in [-0.2, -0.15) is 0 Å². The van der Waals surface area contributed by atoms with E-state index >= 15 is 0 Å². The van der Waals surface area contributed by atoms with Crippen LogP contribution in [0, 0.1) is 0 Å². The Hall–Kier alpha value is -0.410. The van der Waals surface area contributed by atoms with Gasteiger partial charge in [-0.25, -0.2) is 0 Å². The summed E-state index contributed by atoms with van der Waals surface area (Å²) in [4.78, 5) is 16.5. The van der Waals surface area contributed by atoms with E-state index in [4.69, 9.17) is 0 Å². The molecule has 2 unspecified atom stereocenters. The average molecular weight is 224 g/mol. The first-order valence-corrected chi connectivity index (χ1v) is 6.66. The van der Waals surface area contributed by atoms with Gasteiger partial charge in [0.15, 0.2) is 0 Å². The fraction of sp³-hybridized carbons (Fsp3) is 0.923. The first kappa shape index (κ1) is 12.1.